The molecule has 0 radical (unpaired) electrons. The Bertz CT molecular complexity index is 431. The number of hydrogen-bond donors (Lipinski definition) is 2. The van der Waals surface area contributed by atoms with E-state index >= 15 is 0 Å². The first-order valence-corrected chi connectivity index (χ1v) is 5.57. The van der Waals surface area contributed by atoms with Crippen molar-refractivity contribution in [1.29, 1.82) is 0 Å². The van der Waals surface area contributed by atoms with Crippen LogP contribution in [-0.2, 0) is 4.74 Å². The number of amides is 1. The molecule has 5 heteroatoms. The van der Waals surface area contributed by atoms with Crippen molar-refractivity contribution in [1.82, 2.24) is 5.32 Å². The molecule has 0 unspecified atom stereocenters. The zero-order valence-corrected chi connectivity index (χ0v) is 10.7. The van der Waals surface area contributed by atoms with Crippen molar-refractivity contribution < 1.29 is 19.4 Å². The molecule has 0 saturated heterocycles. The Morgan fingerprint density at radius 3 is 2.28 bits per heavy atom. The van der Waals surface area contributed by atoms with Gasteiger partial charge >= 0.3 is 6.09 Å². The van der Waals surface area contributed by atoms with Gasteiger partial charge in [0.25, 0.3) is 0 Å². The van der Waals surface area contributed by atoms with E-state index < -0.39 is 11.7 Å². The maximum Gasteiger partial charge on any atom is 0.408 e. The van der Waals surface area contributed by atoms with Gasteiger partial charge < -0.3 is 15.2 Å². The molecule has 18 heavy (non-hydrogen) atoms. The van der Waals surface area contributed by atoms with E-state index in [0.717, 1.165) is 0 Å². The summed E-state index contributed by atoms with van der Waals surface area (Å²) in [5, 5.41) is 11.5. The first kappa shape index (κ1) is 14.0. The van der Waals surface area contributed by atoms with E-state index in [1.165, 1.54) is 24.3 Å². The first-order valence-electron chi connectivity index (χ1n) is 5.57. The summed E-state index contributed by atoms with van der Waals surface area (Å²) in [6.45, 7) is 5.09. The average Bonchev–Trinajstić information content (AvgIpc) is 2.24. The van der Waals surface area contributed by atoms with Crippen molar-refractivity contribution in [2.45, 2.75) is 26.4 Å². The Labute approximate surface area is 106 Å². The van der Waals surface area contributed by atoms with Gasteiger partial charge in [-0.1, -0.05) is 0 Å². The summed E-state index contributed by atoms with van der Waals surface area (Å²) >= 11 is 0. The molecule has 1 amide bonds. The molecule has 98 valence electrons. The Balaban J connectivity index is 2.47. The van der Waals surface area contributed by atoms with Crippen LogP contribution in [0.5, 0.6) is 5.75 Å². The molecule has 0 aromatic heterocycles. The van der Waals surface area contributed by atoms with Crippen molar-refractivity contribution in [2.24, 2.45) is 0 Å². The number of benzene rings is 1. The number of alkyl carbamates (subject to hydrolysis) is 1. The van der Waals surface area contributed by atoms with Crippen molar-refractivity contribution in [3.63, 3.8) is 0 Å². The summed E-state index contributed by atoms with van der Waals surface area (Å²) in [4.78, 5) is 23.0. The third-order valence-electron chi connectivity index (χ3n) is 1.98. The number of ether oxygens (including phenoxy) is 1. The second-order valence-corrected chi connectivity index (χ2v) is 4.83. The van der Waals surface area contributed by atoms with Crippen LogP contribution in [0.15, 0.2) is 24.3 Å². The van der Waals surface area contributed by atoms with E-state index in [4.69, 9.17) is 9.84 Å². The molecule has 0 bridgehead atoms. The lowest BCUT2D eigenvalue weighted by Gasteiger charge is -2.19. The Morgan fingerprint density at radius 1 is 1.22 bits per heavy atom. The van der Waals surface area contributed by atoms with Crippen LogP contribution in [0.1, 0.15) is 31.1 Å². The summed E-state index contributed by atoms with van der Waals surface area (Å²) in [5.74, 6) is -0.160. The van der Waals surface area contributed by atoms with Crippen molar-refractivity contribution in [3.05, 3.63) is 29.8 Å². The molecule has 1 aromatic rings. The molecule has 0 spiro atoms. The van der Waals surface area contributed by atoms with E-state index in [1.807, 2.05) is 0 Å². The molecular weight excluding hydrogens is 234 g/mol. The third kappa shape index (κ3) is 4.86. The largest absolute Gasteiger partial charge is 0.508 e. The Kier molecular flexibility index (Phi) is 4.31. The fourth-order valence-electron chi connectivity index (χ4n) is 1.22. The molecule has 0 fully saturated rings. The van der Waals surface area contributed by atoms with E-state index in [-0.39, 0.29) is 18.1 Å². The van der Waals surface area contributed by atoms with Gasteiger partial charge in [0.2, 0.25) is 0 Å². The standard InChI is InChI=1S/C13H17NO4/c1-13(2,3)18-12(17)14-8-11(16)9-4-6-10(15)7-5-9/h4-7,15H,8H2,1-3H3,(H,14,17). The van der Waals surface area contributed by atoms with E-state index in [1.54, 1.807) is 20.8 Å². The SMILES string of the molecule is CC(C)(C)OC(=O)NCC(=O)c1ccc(O)cc1. The van der Waals surface area contributed by atoms with Crippen molar-refractivity contribution in [3.8, 4) is 5.75 Å². The third-order valence-corrected chi connectivity index (χ3v) is 1.98. The average molecular weight is 251 g/mol. The monoisotopic (exact) mass is 251 g/mol. The van der Waals surface area contributed by atoms with Gasteiger partial charge in [-0.25, -0.2) is 4.79 Å². The number of aromatic hydroxyl groups is 1. The minimum absolute atomic E-state index is 0.0895. The summed E-state index contributed by atoms with van der Waals surface area (Å²) in [5.41, 5.74) is -0.171. The number of carbonyl (C=O) groups is 2. The molecule has 0 aliphatic carbocycles. The van der Waals surface area contributed by atoms with Gasteiger partial charge in [0.15, 0.2) is 5.78 Å². The topological polar surface area (TPSA) is 75.6 Å². The van der Waals surface area contributed by atoms with Gasteiger partial charge in [0.05, 0.1) is 6.54 Å². The fraction of sp³-hybridized carbons (Fsp3) is 0.385. The van der Waals surface area contributed by atoms with Gasteiger partial charge in [-0.2, -0.15) is 0 Å². The minimum Gasteiger partial charge on any atom is -0.508 e. The number of rotatable bonds is 3. The molecule has 0 atom stereocenters. The first-order chi connectivity index (χ1) is 8.28. The van der Waals surface area contributed by atoms with Gasteiger partial charge in [0, 0.05) is 5.56 Å². The maximum atomic E-state index is 11.7. The highest BCUT2D eigenvalue weighted by molar-refractivity contribution is 5.98. The number of carbonyl (C=O) groups excluding carboxylic acids is 2. The highest BCUT2D eigenvalue weighted by Gasteiger charge is 2.16. The number of Topliss-reactive ketones (excluding diaryl/α,β-unsaturated/α-hetero) is 1. The summed E-state index contributed by atoms with van der Waals surface area (Å²) in [6, 6.07) is 5.82. The lowest BCUT2D eigenvalue weighted by atomic mass is 10.1. The number of hydrogen-bond acceptors (Lipinski definition) is 4. The van der Waals surface area contributed by atoms with Crippen LogP contribution in [-0.4, -0.2) is 29.1 Å². The summed E-state index contributed by atoms with van der Waals surface area (Å²) in [6.07, 6.45) is -0.630. The second-order valence-electron chi connectivity index (χ2n) is 4.83. The van der Waals surface area contributed by atoms with E-state index in [0.29, 0.717) is 5.56 Å². The minimum atomic E-state index is -0.630. The lowest BCUT2D eigenvalue weighted by Crippen LogP contribution is -2.35. The summed E-state index contributed by atoms with van der Waals surface area (Å²) in [7, 11) is 0. The van der Waals surface area contributed by atoms with Crippen LogP contribution in [0.25, 0.3) is 0 Å². The van der Waals surface area contributed by atoms with Crippen LogP contribution in [0.4, 0.5) is 4.79 Å². The van der Waals surface area contributed by atoms with Gasteiger partial charge in [0.1, 0.15) is 11.4 Å². The van der Waals surface area contributed by atoms with Crippen LogP contribution in [0.2, 0.25) is 0 Å². The molecule has 0 aliphatic heterocycles. The van der Waals surface area contributed by atoms with Crippen LogP contribution < -0.4 is 5.32 Å². The Morgan fingerprint density at radius 2 is 1.78 bits per heavy atom. The maximum absolute atomic E-state index is 11.7. The fourth-order valence-corrected chi connectivity index (χ4v) is 1.22. The highest BCUT2D eigenvalue weighted by atomic mass is 16.6. The molecule has 2 N–H and O–H groups in total. The van der Waals surface area contributed by atoms with Crippen molar-refractivity contribution in [2.75, 3.05) is 6.54 Å². The predicted octanol–water partition coefficient (Wildman–Crippen LogP) is 2.10. The zero-order chi connectivity index (χ0) is 13.8. The number of nitrogens with one attached hydrogen (secondary N) is 1. The zero-order valence-electron chi connectivity index (χ0n) is 10.7. The van der Waals surface area contributed by atoms with Crippen LogP contribution >= 0.6 is 0 Å². The van der Waals surface area contributed by atoms with E-state index in [9.17, 15) is 9.59 Å². The van der Waals surface area contributed by atoms with E-state index in [2.05, 4.69) is 5.32 Å². The van der Waals surface area contributed by atoms with Crippen LogP contribution in [0, 0.1) is 0 Å². The smallest absolute Gasteiger partial charge is 0.408 e. The van der Waals surface area contributed by atoms with Gasteiger partial charge in [-0.05, 0) is 45.0 Å². The normalized spacial score (nSPS) is 10.8. The lowest BCUT2D eigenvalue weighted by molar-refractivity contribution is 0.0520. The summed E-state index contributed by atoms with van der Waals surface area (Å²) < 4.78 is 5.00. The molecule has 5 nitrogen and oxygen atoms in total. The van der Waals surface area contributed by atoms with Crippen LogP contribution in [0.3, 0.4) is 0 Å². The van der Waals surface area contributed by atoms with Crippen molar-refractivity contribution >= 4 is 11.9 Å². The molecule has 0 heterocycles. The van der Waals surface area contributed by atoms with Gasteiger partial charge in [-0.3, -0.25) is 4.79 Å². The Hall–Kier alpha value is -2.04. The number of phenolic OH excluding ortho intramolecular Hbond substituents is 1. The molecule has 0 aliphatic rings. The number of ketones is 1. The van der Waals surface area contributed by atoms with Gasteiger partial charge in [-0.15, -0.1) is 0 Å². The predicted molar refractivity (Wildman–Crippen MR) is 66.7 cm³/mol. The highest BCUT2D eigenvalue weighted by Crippen LogP contribution is 2.10. The molecule has 1 rings (SSSR count). The number of phenols is 1. The quantitative estimate of drug-likeness (QED) is 0.807. The molecule has 1 aromatic carbocycles. The second kappa shape index (κ2) is 5.53. The molecule has 0 saturated carbocycles. The molecular formula is C13H17NO4.